The number of hydrogen-bond acceptors (Lipinski definition) is 11. The average Bonchev–Trinajstić information content (AvgIpc) is 3.49. The van der Waals surface area contributed by atoms with Crippen LogP contribution in [0.2, 0.25) is 0 Å². The van der Waals surface area contributed by atoms with Gasteiger partial charge < -0.3 is 44.5 Å². The molecule has 3 heterocycles. The highest BCUT2D eigenvalue weighted by molar-refractivity contribution is 5.85. The van der Waals surface area contributed by atoms with Crippen molar-refractivity contribution in [2.75, 3.05) is 6.61 Å². The first kappa shape index (κ1) is 27.2. The molecular formula is C29H40O11. The molecule has 14 atom stereocenters. The van der Waals surface area contributed by atoms with Gasteiger partial charge >= 0.3 is 11.9 Å². The summed E-state index contributed by atoms with van der Waals surface area (Å²) in [6, 6.07) is 0. The molecule has 2 saturated heterocycles. The molecule has 0 spiro atoms. The van der Waals surface area contributed by atoms with Gasteiger partial charge in [-0.15, -0.1) is 0 Å². The van der Waals surface area contributed by atoms with Crippen LogP contribution in [0.4, 0.5) is 0 Å². The molecule has 3 aliphatic heterocycles. The van der Waals surface area contributed by atoms with Gasteiger partial charge in [0, 0.05) is 17.9 Å². The van der Waals surface area contributed by atoms with E-state index in [1.807, 2.05) is 0 Å². The molecule has 222 valence electrons. The van der Waals surface area contributed by atoms with Gasteiger partial charge in [-0.05, 0) is 75.2 Å². The highest BCUT2D eigenvalue weighted by Crippen LogP contribution is 2.73. The Morgan fingerprint density at radius 2 is 1.73 bits per heavy atom. The van der Waals surface area contributed by atoms with Crippen LogP contribution in [-0.2, 0) is 28.5 Å². The van der Waals surface area contributed by atoms with Crippen LogP contribution in [0.3, 0.4) is 0 Å². The second-order valence-electron chi connectivity index (χ2n) is 13.7. The van der Waals surface area contributed by atoms with Crippen LogP contribution < -0.4 is 0 Å². The summed E-state index contributed by atoms with van der Waals surface area (Å²) in [7, 11) is 0. The SMILES string of the molecule is C[C@@H]1OC(O[C@H]2CC[C@]34C(=O)O[C@H](C[C@@H]5[C@@H]3CC[C@]3(C)[C@@H](C6=CC(=O)OC6)CC[C@]53O)[C@]4(O)C2)[C@H](O)[C@H](O)[C@@H]1O. The fraction of sp³-hybridized carbons (Fsp3) is 0.862. The van der Waals surface area contributed by atoms with Crippen LogP contribution in [0.1, 0.15) is 65.2 Å². The van der Waals surface area contributed by atoms with Crippen LogP contribution in [0.15, 0.2) is 11.6 Å². The molecule has 1 unspecified atom stereocenters. The summed E-state index contributed by atoms with van der Waals surface area (Å²) in [4.78, 5) is 25.5. The first-order valence-corrected chi connectivity index (χ1v) is 14.7. The van der Waals surface area contributed by atoms with E-state index in [9.17, 15) is 35.1 Å². The predicted octanol–water partition coefficient (Wildman–Crippen LogP) is 0.0864. The summed E-state index contributed by atoms with van der Waals surface area (Å²) < 4.78 is 22.8. The van der Waals surface area contributed by atoms with E-state index in [0.29, 0.717) is 38.5 Å². The van der Waals surface area contributed by atoms with Crippen LogP contribution in [-0.4, -0.2) is 98.2 Å². The third-order valence-corrected chi connectivity index (χ3v) is 12.3. The number of carbonyl (C=O) groups is 2. The number of esters is 2. The minimum Gasteiger partial charge on any atom is -0.459 e. The molecule has 0 aromatic carbocycles. The molecule has 4 aliphatic carbocycles. The molecule has 0 aromatic heterocycles. The lowest BCUT2D eigenvalue weighted by Crippen LogP contribution is -2.71. The number of rotatable bonds is 3. The number of hydrogen-bond donors (Lipinski definition) is 5. The first-order chi connectivity index (χ1) is 18.9. The van der Waals surface area contributed by atoms with E-state index in [2.05, 4.69) is 6.92 Å². The Hall–Kier alpha value is -1.60. The summed E-state index contributed by atoms with van der Waals surface area (Å²) in [6.07, 6.45) is -2.19. The molecule has 0 amide bonds. The largest absolute Gasteiger partial charge is 0.459 e. The predicted molar refractivity (Wildman–Crippen MR) is 134 cm³/mol. The van der Waals surface area contributed by atoms with E-state index >= 15 is 0 Å². The van der Waals surface area contributed by atoms with Gasteiger partial charge in [-0.2, -0.15) is 0 Å². The number of cyclic esters (lactones) is 1. The molecule has 11 heteroatoms. The number of aliphatic hydroxyl groups is 5. The standard InChI is InChI=1S/C29H40O11/c1-13-21(31)22(32)23(33)24(38-13)39-15-3-7-27-17-4-6-26(2)16(14-9-20(30)37-12-14)5-8-28(26,35)18(17)10-19(40-25(27)34)29(27,36)11-15/h9,13,15-19,21-24,31-33,35-36H,3-8,10-12H2,1-2H3/t13-,15-,16+,17-,18+,19+,21+,22+,23+,24?,26+,27+,28-,29+/m0/s1. The summed E-state index contributed by atoms with van der Waals surface area (Å²) >= 11 is 0. The van der Waals surface area contributed by atoms with Crippen molar-refractivity contribution in [1.29, 1.82) is 0 Å². The maximum Gasteiger partial charge on any atom is 0.331 e. The Bertz CT molecular complexity index is 1140. The molecule has 40 heavy (non-hydrogen) atoms. The molecule has 6 fully saturated rings. The number of aliphatic hydroxyl groups excluding tert-OH is 3. The van der Waals surface area contributed by atoms with E-state index in [1.54, 1.807) is 13.0 Å². The number of ether oxygens (including phenoxy) is 4. The normalized spacial score (nSPS) is 57.0. The van der Waals surface area contributed by atoms with Crippen LogP contribution in [0, 0.1) is 28.6 Å². The summed E-state index contributed by atoms with van der Waals surface area (Å²) in [5, 5.41) is 55.4. The number of carbonyl (C=O) groups excluding carboxylic acids is 2. The van der Waals surface area contributed by atoms with E-state index in [0.717, 1.165) is 12.0 Å². The van der Waals surface area contributed by atoms with Crippen molar-refractivity contribution >= 4 is 11.9 Å². The smallest absolute Gasteiger partial charge is 0.331 e. The molecular weight excluding hydrogens is 524 g/mol. The van der Waals surface area contributed by atoms with Crippen molar-refractivity contribution in [2.24, 2.45) is 28.6 Å². The Morgan fingerprint density at radius 3 is 2.45 bits per heavy atom. The Morgan fingerprint density at radius 1 is 0.950 bits per heavy atom. The van der Waals surface area contributed by atoms with Gasteiger partial charge in [-0.25, -0.2) is 4.79 Å². The molecule has 7 aliphatic rings. The Kier molecular flexibility index (Phi) is 5.94. The molecule has 0 aromatic rings. The molecule has 5 N–H and O–H groups in total. The highest BCUT2D eigenvalue weighted by Gasteiger charge is 2.80. The first-order valence-electron chi connectivity index (χ1n) is 14.7. The quantitative estimate of drug-likeness (QED) is 0.232. The van der Waals surface area contributed by atoms with Crippen molar-refractivity contribution < 1.29 is 54.1 Å². The van der Waals surface area contributed by atoms with Gasteiger partial charge in [-0.3, -0.25) is 4.79 Å². The van der Waals surface area contributed by atoms with E-state index in [4.69, 9.17) is 18.9 Å². The topological polar surface area (TPSA) is 172 Å². The zero-order chi connectivity index (χ0) is 28.4. The molecule has 4 saturated carbocycles. The van der Waals surface area contributed by atoms with Crippen molar-refractivity contribution in [2.45, 2.75) is 119 Å². The fourth-order valence-electron chi connectivity index (χ4n) is 10.2. The third-order valence-electron chi connectivity index (χ3n) is 12.3. The summed E-state index contributed by atoms with van der Waals surface area (Å²) in [6.45, 7) is 3.93. The van der Waals surface area contributed by atoms with Gasteiger partial charge in [-0.1, -0.05) is 6.92 Å². The van der Waals surface area contributed by atoms with Crippen LogP contribution >= 0.6 is 0 Å². The molecule has 11 nitrogen and oxygen atoms in total. The van der Waals surface area contributed by atoms with Gasteiger partial charge in [0.15, 0.2) is 6.29 Å². The lowest BCUT2D eigenvalue weighted by atomic mass is 9.41. The van der Waals surface area contributed by atoms with Gasteiger partial charge in [0.1, 0.15) is 42.0 Å². The third kappa shape index (κ3) is 3.25. The maximum absolute atomic E-state index is 13.6. The van der Waals surface area contributed by atoms with E-state index in [1.165, 1.54) is 0 Å². The van der Waals surface area contributed by atoms with Crippen molar-refractivity contribution in [3.05, 3.63) is 11.6 Å². The van der Waals surface area contributed by atoms with Gasteiger partial charge in [0.25, 0.3) is 0 Å². The minimum atomic E-state index is -1.51. The van der Waals surface area contributed by atoms with Crippen LogP contribution in [0.5, 0.6) is 0 Å². The van der Waals surface area contributed by atoms with Crippen molar-refractivity contribution in [1.82, 2.24) is 0 Å². The van der Waals surface area contributed by atoms with Gasteiger partial charge in [0.05, 0.1) is 17.8 Å². The highest BCUT2D eigenvalue weighted by atomic mass is 16.7. The van der Waals surface area contributed by atoms with Crippen molar-refractivity contribution in [3.8, 4) is 0 Å². The molecule has 7 rings (SSSR count). The maximum atomic E-state index is 13.6. The zero-order valence-corrected chi connectivity index (χ0v) is 22.9. The zero-order valence-electron chi connectivity index (χ0n) is 22.9. The Labute approximate surface area is 232 Å². The summed E-state index contributed by atoms with van der Waals surface area (Å²) in [5.41, 5.74) is -3.31. The second kappa shape index (κ2) is 8.72. The van der Waals surface area contributed by atoms with E-state index < -0.39 is 70.9 Å². The molecule has 0 radical (unpaired) electrons. The van der Waals surface area contributed by atoms with Crippen molar-refractivity contribution in [3.63, 3.8) is 0 Å². The summed E-state index contributed by atoms with van der Waals surface area (Å²) in [5.74, 6) is -1.26. The molecule has 2 bridgehead atoms. The second-order valence-corrected chi connectivity index (χ2v) is 13.7. The van der Waals surface area contributed by atoms with E-state index in [-0.39, 0.29) is 36.8 Å². The fourth-order valence-corrected chi connectivity index (χ4v) is 10.2. The lowest BCUT2D eigenvalue weighted by molar-refractivity contribution is -0.317. The Balaban J connectivity index is 1.15. The average molecular weight is 565 g/mol. The van der Waals surface area contributed by atoms with Crippen LogP contribution in [0.25, 0.3) is 0 Å². The lowest BCUT2D eigenvalue weighted by Gasteiger charge is -2.63. The minimum absolute atomic E-state index is 0.0137. The number of fused-ring (bicyclic) bond motifs is 3. The monoisotopic (exact) mass is 564 g/mol. The van der Waals surface area contributed by atoms with Gasteiger partial charge in [0.2, 0.25) is 0 Å².